The maximum absolute atomic E-state index is 13.1. The quantitative estimate of drug-likeness (QED) is 0.272. The van der Waals surface area contributed by atoms with E-state index in [0.29, 0.717) is 23.7 Å². The predicted octanol–water partition coefficient (Wildman–Crippen LogP) is 5.36. The average molecular weight is 458 g/mol. The number of halogens is 1. The molecule has 1 aromatic heterocycles. The van der Waals surface area contributed by atoms with E-state index in [1.54, 1.807) is 36.5 Å². The first-order valence-electron chi connectivity index (χ1n) is 10.8. The van der Waals surface area contributed by atoms with Crippen molar-refractivity contribution < 1.29 is 18.7 Å². The molecule has 0 saturated heterocycles. The number of aromatic nitrogens is 1. The van der Waals surface area contributed by atoms with Gasteiger partial charge >= 0.3 is 0 Å². The lowest BCUT2D eigenvalue weighted by Crippen LogP contribution is -2.19. The number of nitrogens with zero attached hydrogens (tertiary/aromatic N) is 2. The number of rotatable bonds is 9. The van der Waals surface area contributed by atoms with Crippen molar-refractivity contribution in [2.24, 2.45) is 5.10 Å². The molecule has 0 atom stereocenters. The molecule has 0 aliphatic rings. The van der Waals surface area contributed by atoms with Crippen molar-refractivity contribution in [2.45, 2.75) is 13.5 Å². The molecule has 4 aromatic rings. The highest BCUT2D eigenvalue weighted by Crippen LogP contribution is 2.29. The van der Waals surface area contributed by atoms with Gasteiger partial charge in [-0.2, -0.15) is 5.10 Å². The lowest BCUT2D eigenvalue weighted by atomic mass is 10.1. The van der Waals surface area contributed by atoms with Crippen LogP contribution in [0.4, 0.5) is 4.39 Å². The van der Waals surface area contributed by atoms with Gasteiger partial charge < -0.3 is 14.0 Å². The van der Waals surface area contributed by atoms with Crippen LogP contribution in [-0.4, -0.2) is 23.3 Å². The molecular formula is C27H24FN3O3. The van der Waals surface area contributed by atoms with Gasteiger partial charge in [0.2, 0.25) is 0 Å². The third-order valence-corrected chi connectivity index (χ3v) is 4.99. The fourth-order valence-electron chi connectivity index (χ4n) is 3.35. The van der Waals surface area contributed by atoms with Crippen molar-refractivity contribution >= 4 is 12.1 Å². The number of hydrogen-bond acceptors (Lipinski definition) is 4. The Morgan fingerprint density at radius 3 is 2.50 bits per heavy atom. The maximum Gasteiger partial charge on any atom is 0.273 e. The summed E-state index contributed by atoms with van der Waals surface area (Å²) in [5, 5.41) is 4.11. The van der Waals surface area contributed by atoms with Crippen LogP contribution < -0.4 is 14.9 Å². The van der Waals surface area contributed by atoms with Crippen molar-refractivity contribution in [3.8, 4) is 17.2 Å². The van der Waals surface area contributed by atoms with Crippen LogP contribution in [0.5, 0.6) is 11.5 Å². The SMILES string of the molecule is CCOc1cc(/C=N\NC(=O)c2ccccc2-n2cccc2)ccc1OCc1ccc(F)cc1. The minimum atomic E-state index is -0.315. The van der Waals surface area contributed by atoms with Gasteiger partial charge in [0.15, 0.2) is 11.5 Å². The Morgan fingerprint density at radius 2 is 1.74 bits per heavy atom. The van der Waals surface area contributed by atoms with Crippen molar-refractivity contribution in [2.75, 3.05) is 6.61 Å². The Bertz CT molecular complexity index is 1270. The number of carbonyl (C=O) groups excluding carboxylic acids is 1. The number of hydrazone groups is 1. The fourth-order valence-corrected chi connectivity index (χ4v) is 3.35. The van der Waals surface area contributed by atoms with Gasteiger partial charge in [-0.3, -0.25) is 4.79 Å². The minimum absolute atomic E-state index is 0.282. The second kappa shape index (κ2) is 11.0. The smallest absolute Gasteiger partial charge is 0.273 e. The number of amides is 1. The van der Waals surface area contributed by atoms with E-state index in [1.165, 1.54) is 12.1 Å². The highest BCUT2D eigenvalue weighted by atomic mass is 19.1. The molecule has 0 unspecified atom stereocenters. The molecule has 0 fully saturated rings. The van der Waals surface area contributed by atoms with Crippen LogP contribution in [0.25, 0.3) is 5.69 Å². The van der Waals surface area contributed by atoms with Gasteiger partial charge in [0, 0.05) is 12.4 Å². The summed E-state index contributed by atoms with van der Waals surface area (Å²) in [5.74, 6) is 0.512. The summed E-state index contributed by atoms with van der Waals surface area (Å²) in [6.07, 6.45) is 5.30. The van der Waals surface area contributed by atoms with Crippen molar-refractivity contribution in [3.63, 3.8) is 0 Å². The van der Waals surface area contributed by atoms with E-state index >= 15 is 0 Å². The van der Waals surface area contributed by atoms with Gasteiger partial charge in [0.05, 0.1) is 24.1 Å². The van der Waals surface area contributed by atoms with Gasteiger partial charge in [-0.1, -0.05) is 24.3 Å². The van der Waals surface area contributed by atoms with E-state index in [0.717, 1.165) is 16.8 Å². The Labute approximate surface area is 197 Å². The van der Waals surface area contributed by atoms with E-state index < -0.39 is 0 Å². The molecule has 0 radical (unpaired) electrons. The monoisotopic (exact) mass is 457 g/mol. The highest BCUT2D eigenvalue weighted by molar-refractivity contribution is 5.98. The van der Waals surface area contributed by atoms with Crippen LogP contribution in [0.3, 0.4) is 0 Å². The molecule has 0 saturated carbocycles. The third-order valence-electron chi connectivity index (χ3n) is 4.99. The molecule has 1 amide bonds. The summed E-state index contributed by atoms with van der Waals surface area (Å²) >= 11 is 0. The average Bonchev–Trinajstić information content (AvgIpc) is 3.40. The second-order valence-electron chi connectivity index (χ2n) is 7.36. The van der Waals surface area contributed by atoms with Gasteiger partial charge in [-0.15, -0.1) is 0 Å². The topological polar surface area (TPSA) is 64.8 Å². The van der Waals surface area contributed by atoms with Gasteiger partial charge in [0.25, 0.3) is 5.91 Å². The maximum atomic E-state index is 13.1. The van der Waals surface area contributed by atoms with Crippen LogP contribution in [0.15, 0.2) is 96.4 Å². The zero-order valence-corrected chi connectivity index (χ0v) is 18.6. The van der Waals surface area contributed by atoms with Gasteiger partial charge in [0.1, 0.15) is 12.4 Å². The summed E-state index contributed by atoms with van der Waals surface area (Å²) in [6, 6.07) is 22.6. The summed E-state index contributed by atoms with van der Waals surface area (Å²) in [7, 11) is 0. The lowest BCUT2D eigenvalue weighted by molar-refractivity contribution is 0.0955. The number of benzene rings is 3. The van der Waals surface area contributed by atoms with Crippen LogP contribution in [-0.2, 0) is 6.61 Å². The Morgan fingerprint density at radius 1 is 0.971 bits per heavy atom. The minimum Gasteiger partial charge on any atom is -0.490 e. The third kappa shape index (κ3) is 5.69. The molecule has 6 nitrogen and oxygen atoms in total. The van der Waals surface area contributed by atoms with E-state index in [1.807, 2.05) is 60.3 Å². The molecule has 7 heteroatoms. The second-order valence-corrected chi connectivity index (χ2v) is 7.36. The first-order chi connectivity index (χ1) is 16.6. The standard InChI is InChI=1S/C27H24FN3O3/c1-2-33-26-17-21(11-14-25(26)34-19-20-9-12-22(28)13-10-20)18-29-30-27(32)23-7-3-4-8-24(23)31-15-5-6-16-31/h3-18H,2,19H2,1H3,(H,30,32)/b29-18-. The largest absolute Gasteiger partial charge is 0.490 e. The predicted molar refractivity (Wildman–Crippen MR) is 129 cm³/mol. The molecule has 4 rings (SSSR count). The first kappa shape index (κ1) is 22.8. The molecule has 3 aromatic carbocycles. The van der Waals surface area contributed by atoms with Crippen LogP contribution in [0.2, 0.25) is 0 Å². The number of ether oxygens (including phenoxy) is 2. The molecule has 172 valence electrons. The van der Waals surface area contributed by atoms with Crippen LogP contribution in [0.1, 0.15) is 28.4 Å². The molecule has 0 aliphatic heterocycles. The van der Waals surface area contributed by atoms with Crippen LogP contribution in [0, 0.1) is 5.82 Å². The summed E-state index contributed by atoms with van der Waals surface area (Å²) in [4.78, 5) is 12.7. The lowest BCUT2D eigenvalue weighted by Gasteiger charge is -2.12. The van der Waals surface area contributed by atoms with E-state index in [-0.39, 0.29) is 18.3 Å². The molecule has 1 N–H and O–H groups in total. The first-order valence-corrected chi connectivity index (χ1v) is 10.8. The Hall–Kier alpha value is -4.39. The van der Waals surface area contributed by atoms with Gasteiger partial charge in [-0.25, -0.2) is 9.82 Å². The number of para-hydroxylation sites is 1. The fraction of sp³-hybridized carbons (Fsp3) is 0.111. The zero-order chi connectivity index (χ0) is 23.8. The summed E-state index contributed by atoms with van der Waals surface area (Å²) < 4.78 is 26.5. The van der Waals surface area contributed by atoms with E-state index in [4.69, 9.17) is 9.47 Å². The van der Waals surface area contributed by atoms with Crippen molar-refractivity contribution in [1.82, 2.24) is 9.99 Å². The Balaban J connectivity index is 1.43. The van der Waals surface area contributed by atoms with Gasteiger partial charge in [-0.05, 0) is 72.6 Å². The molecule has 34 heavy (non-hydrogen) atoms. The normalized spacial score (nSPS) is 10.9. The molecule has 0 bridgehead atoms. The molecular weight excluding hydrogens is 433 g/mol. The van der Waals surface area contributed by atoms with E-state index in [2.05, 4.69) is 10.5 Å². The molecule has 0 spiro atoms. The van der Waals surface area contributed by atoms with Crippen molar-refractivity contribution in [3.05, 3.63) is 114 Å². The van der Waals surface area contributed by atoms with Crippen LogP contribution >= 0.6 is 0 Å². The number of carbonyl (C=O) groups is 1. The highest BCUT2D eigenvalue weighted by Gasteiger charge is 2.11. The summed E-state index contributed by atoms with van der Waals surface area (Å²) in [5.41, 5.74) is 5.43. The number of nitrogens with one attached hydrogen (secondary N) is 1. The molecule has 0 aliphatic carbocycles. The number of hydrogen-bond donors (Lipinski definition) is 1. The molecule has 1 heterocycles. The zero-order valence-electron chi connectivity index (χ0n) is 18.6. The summed E-state index contributed by atoms with van der Waals surface area (Å²) in [6.45, 7) is 2.62. The van der Waals surface area contributed by atoms with Crippen molar-refractivity contribution in [1.29, 1.82) is 0 Å². The van der Waals surface area contributed by atoms with E-state index in [9.17, 15) is 9.18 Å². The Kier molecular flexibility index (Phi) is 7.35.